The smallest absolute Gasteiger partial charge is 0.257 e. The van der Waals surface area contributed by atoms with Gasteiger partial charge in [0, 0.05) is 12.1 Å². The van der Waals surface area contributed by atoms with Gasteiger partial charge < -0.3 is 5.32 Å². The molecule has 0 bridgehead atoms. The highest BCUT2D eigenvalue weighted by Gasteiger charge is 2.10. The average molecular weight is 285 g/mol. The first kappa shape index (κ1) is 13.1. The number of anilines is 1. The first-order valence-electron chi connectivity index (χ1n) is 6.37. The zero-order valence-corrected chi connectivity index (χ0v) is 11.2. The fourth-order valence-electron chi connectivity index (χ4n) is 1.77. The quantitative estimate of drug-likeness (QED) is 0.785. The van der Waals surface area contributed by atoms with Gasteiger partial charge >= 0.3 is 0 Å². The molecule has 3 rings (SSSR count). The van der Waals surface area contributed by atoms with E-state index in [0.29, 0.717) is 29.8 Å². The van der Waals surface area contributed by atoms with Gasteiger partial charge in [-0.1, -0.05) is 12.1 Å². The largest absolute Gasteiger partial charge is 0.354 e. The second kappa shape index (κ2) is 5.61. The molecule has 0 aliphatic rings. The number of aromatic nitrogens is 6. The lowest BCUT2D eigenvalue weighted by atomic mass is 10.2. The van der Waals surface area contributed by atoms with Crippen molar-refractivity contribution in [2.75, 3.05) is 11.9 Å². The maximum Gasteiger partial charge on any atom is 0.257 e. The Hall–Kier alpha value is -2.90. The van der Waals surface area contributed by atoms with Crippen LogP contribution in [0.1, 0.15) is 6.92 Å². The molecular weight excluding hydrogens is 273 g/mol. The average Bonchev–Trinajstić information content (AvgIpc) is 3.01. The van der Waals surface area contributed by atoms with Crippen LogP contribution in [-0.2, 0) is 0 Å². The topological polar surface area (TPSA) is 81.4 Å². The Bertz CT molecular complexity index is 742. The van der Waals surface area contributed by atoms with Crippen molar-refractivity contribution in [3.8, 4) is 17.3 Å². The van der Waals surface area contributed by atoms with Crippen molar-refractivity contribution in [1.29, 1.82) is 0 Å². The molecule has 0 spiro atoms. The number of hydrogen-bond acceptors (Lipinski definition) is 6. The lowest BCUT2D eigenvalue weighted by Gasteiger charge is -2.07. The van der Waals surface area contributed by atoms with Gasteiger partial charge in [-0.25, -0.2) is 9.37 Å². The van der Waals surface area contributed by atoms with Crippen LogP contribution < -0.4 is 5.32 Å². The van der Waals surface area contributed by atoms with Crippen molar-refractivity contribution in [3.05, 3.63) is 42.7 Å². The van der Waals surface area contributed by atoms with Gasteiger partial charge in [0.1, 0.15) is 18.5 Å². The molecule has 0 aliphatic carbocycles. The highest BCUT2D eigenvalue weighted by Crippen LogP contribution is 2.18. The maximum absolute atomic E-state index is 13.4. The summed E-state index contributed by atoms with van der Waals surface area (Å²) >= 11 is 0. The van der Waals surface area contributed by atoms with Gasteiger partial charge in [0.15, 0.2) is 5.82 Å². The minimum absolute atomic E-state index is 0.317. The fourth-order valence-corrected chi connectivity index (χ4v) is 1.77. The molecule has 0 fully saturated rings. The molecule has 0 saturated carbocycles. The second-order valence-electron chi connectivity index (χ2n) is 4.16. The van der Waals surface area contributed by atoms with Crippen LogP contribution in [0.4, 0.5) is 10.3 Å². The predicted octanol–water partition coefficient (Wildman–Crippen LogP) is 1.69. The summed E-state index contributed by atoms with van der Waals surface area (Å²) in [4.78, 5) is 16.7. The van der Waals surface area contributed by atoms with Gasteiger partial charge in [-0.05, 0) is 19.1 Å². The highest BCUT2D eigenvalue weighted by molar-refractivity contribution is 5.56. The third-order valence-corrected chi connectivity index (χ3v) is 2.66. The second-order valence-corrected chi connectivity index (χ2v) is 4.16. The molecule has 2 heterocycles. The van der Waals surface area contributed by atoms with Crippen LogP contribution in [-0.4, -0.2) is 36.3 Å². The van der Waals surface area contributed by atoms with E-state index in [0.717, 1.165) is 0 Å². The normalized spacial score (nSPS) is 10.6. The Morgan fingerprint density at radius 2 is 2.14 bits per heavy atom. The zero-order valence-electron chi connectivity index (χ0n) is 11.2. The minimum Gasteiger partial charge on any atom is -0.354 e. The first-order chi connectivity index (χ1) is 10.3. The Morgan fingerprint density at radius 1 is 1.24 bits per heavy atom. The van der Waals surface area contributed by atoms with Gasteiger partial charge in [0.25, 0.3) is 5.95 Å². The summed E-state index contributed by atoms with van der Waals surface area (Å²) < 4.78 is 14.8. The van der Waals surface area contributed by atoms with Crippen LogP contribution in [0.15, 0.2) is 36.9 Å². The monoisotopic (exact) mass is 285 g/mol. The van der Waals surface area contributed by atoms with Crippen molar-refractivity contribution < 1.29 is 4.39 Å². The van der Waals surface area contributed by atoms with Crippen LogP contribution in [0.2, 0.25) is 0 Å². The molecule has 0 unspecified atom stereocenters. The Balaban J connectivity index is 2.11. The standard InChI is InChI=1S/C13H12FN7/c1-2-16-12-18-11(9-4-3-5-10(14)6-9)19-13(20-12)21-8-15-7-17-21/h3-8H,2H2,1H3,(H,16,18,19,20). The summed E-state index contributed by atoms with van der Waals surface area (Å²) in [5.41, 5.74) is 0.568. The maximum atomic E-state index is 13.4. The Morgan fingerprint density at radius 3 is 2.86 bits per heavy atom. The van der Waals surface area contributed by atoms with Crippen molar-refractivity contribution in [2.45, 2.75) is 6.92 Å². The third-order valence-electron chi connectivity index (χ3n) is 2.66. The zero-order chi connectivity index (χ0) is 14.7. The van der Waals surface area contributed by atoms with Crippen LogP contribution in [0, 0.1) is 5.82 Å². The predicted molar refractivity (Wildman–Crippen MR) is 74.3 cm³/mol. The summed E-state index contributed by atoms with van der Waals surface area (Å²) in [7, 11) is 0. The van der Waals surface area contributed by atoms with Crippen LogP contribution >= 0.6 is 0 Å². The van der Waals surface area contributed by atoms with Gasteiger partial charge in [-0.3, -0.25) is 0 Å². The number of hydrogen-bond donors (Lipinski definition) is 1. The molecular formula is C13H12FN7. The molecule has 0 atom stereocenters. The van der Waals surface area contributed by atoms with Crippen LogP contribution in [0.5, 0.6) is 0 Å². The fraction of sp³-hybridized carbons (Fsp3) is 0.154. The molecule has 3 aromatic rings. The third kappa shape index (κ3) is 2.83. The molecule has 7 nitrogen and oxygen atoms in total. The molecule has 0 radical (unpaired) electrons. The van der Waals surface area contributed by atoms with Crippen molar-refractivity contribution in [3.63, 3.8) is 0 Å². The number of nitrogens with zero attached hydrogens (tertiary/aromatic N) is 6. The number of benzene rings is 1. The van der Waals surface area contributed by atoms with E-state index in [1.807, 2.05) is 6.92 Å². The summed E-state index contributed by atoms with van der Waals surface area (Å²) in [6.07, 6.45) is 2.87. The first-order valence-corrected chi connectivity index (χ1v) is 6.37. The minimum atomic E-state index is -0.347. The van der Waals surface area contributed by atoms with E-state index in [9.17, 15) is 4.39 Å². The Labute approximate surface area is 119 Å². The van der Waals surface area contributed by atoms with E-state index in [-0.39, 0.29) is 5.82 Å². The van der Waals surface area contributed by atoms with Crippen molar-refractivity contribution >= 4 is 5.95 Å². The molecule has 0 amide bonds. The lowest BCUT2D eigenvalue weighted by Crippen LogP contribution is -2.10. The van der Waals surface area contributed by atoms with E-state index in [1.54, 1.807) is 12.1 Å². The summed E-state index contributed by atoms with van der Waals surface area (Å²) in [6.45, 7) is 2.59. The van der Waals surface area contributed by atoms with Gasteiger partial charge in [0.05, 0.1) is 0 Å². The summed E-state index contributed by atoms with van der Waals surface area (Å²) in [6, 6.07) is 6.08. The van der Waals surface area contributed by atoms with Crippen molar-refractivity contribution in [1.82, 2.24) is 29.7 Å². The van der Waals surface area contributed by atoms with E-state index in [1.165, 1.54) is 29.5 Å². The molecule has 1 N–H and O–H groups in total. The van der Waals surface area contributed by atoms with Crippen molar-refractivity contribution in [2.24, 2.45) is 0 Å². The molecule has 0 saturated heterocycles. The van der Waals surface area contributed by atoms with Gasteiger partial charge in [-0.2, -0.15) is 24.7 Å². The molecule has 2 aromatic heterocycles. The lowest BCUT2D eigenvalue weighted by molar-refractivity contribution is 0.628. The van der Waals surface area contributed by atoms with E-state index in [2.05, 4.69) is 30.4 Å². The molecule has 106 valence electrons. The number of nitrogens with one attached hydrogen (secondary N) is 1. The molecule has 0 aliphatic heterocycles. The molecule has 8 heteroatoms. The van der Waals surface area contributed by atoms with Gasteiger partial charge in [-0.15, -0.1) is 0 Å². The number of rotatable bonds is 4. The van der Waals surface area contributed by atoms with Crippen LogP contribution in [0.25, 0.3) is 17.3 Å². The van der Waals surface area contributed by atoms with Gasteiger partial charge in [0.2, 0.25) is 5.95 Å². The number of halogens is 1. The van der Waals surface area contributed by atoms with E-state index in [4.69, 9.17) is 0 Å². The molecule has 1 aromatic carbocycles. The summed E-state index contributed by atoms with van der Waals surface area (Å²) in [5, 5.41) is 7.01. The van der Waals surface area contributed by atoms with Crippen LogP contribution in [0.3, 0.4) is 0 Å². The SMILES string of the molecule is CCNc1nc(-c2cccc(F)c2)nc(-n2cncn2)n1. The highest BCUT2D eigenvalue weighted by atomic mass is 19.1. The van der Waals surface area contributed by atoms with E-state index >= 15 is 0 Å². The Kier molecular flexibility index (Phi) is 3.50. The van der Waals surface area contributed by atoms with E-state index < -0.39 is 0 Å². The molecule has 21 heavy (non-hydrogen) atoms. The summed E-state index contributed by atoms with van der Waals surface area (Å²) in [5.74, 6) is 0.737.